The van der Waals surface area contributed by atoms with Gasteiger partial charge in [-0.25, -0.2) is 14.3 Å². The van der Waals surface area contributed by atoms with E-state index in [0.717, 1.165) is 23.0 Å². The lowest BCUT2D eigenvalue weighted by Crippen LogP contribution is -2.20. The molecule has 0 radical (unpaired) electrons. The second-order valence-electron chi connectivity index (χ2n) is 7.00. The average Bonchev–Trinajstić information content (AvgIpc) is 3.24. The lowest BCUT2D eigenvalue weighted by Gasteiger charge is -2.13. The number of carbonyl (C=O) groups excluding carboxylic acids is 1. The molecular formula is C21H23FN6O3S. The second-order valence-corrected chi connectivity index (χ2v) is 7.95. The van der Waals surface area contributed by atoms with Crippen molar-refractivity contribution in [1.82, 2.24) is 19.3 Å². The minimum atomic E-state index is -0.381. The molecule has 2 N–H and O–H groups in total. The number of aromatic nitrogens is 4. The minimum absolute atomic E-state index is 0.0217. The van der Waals surface area contributed by atoms with E-state index >= 15 is 0 Å². The molecule has 32 heavy (non-hydrogen) atoms. The molecule has 0 bridgehead atoms. The van der Waals surface area contributed by atoms with Gasteiger partial charge in [-0.05, 0) is 50.1 Å². The standard InChI is InChI=1S/C21H23FN6O3S/c1-13-14(2)28(16-7-5-15(22)6-8-16)19(17(13)11-23)24-18(29)12-32-21-26-25-20(30)27(21)9-4-10-31-3/h5-8H,4,9-10,12H2,1-3H3,(H,24,29)(H,25,30). The Morgan fingerprint density at radius 2 is 2.06 bits per heavy atom. The normalized spacial score (nSPS) is 10.8. The zero-order valence-electron chi connectivity index (χ0n) is 17.9. The number of benzene rings is 1. The van der Waals surface area contributed by atoms with E-state index in [1.807, 2.05) is 6.92 Å². The number of rotatable bonds is 9. The fourth-order valence-corrected chi connectivity index (χ4v) is 4.02. The van der Waals surface area contributed by atoms with E-state index in [2.05, 4.69) is 21.6 Å². The van der Waals surface area contributed by atoms with E-state index in [9.17, 15) is 19.2 Å². The predicted octanol–water partition coefficient (Wildman–Crippen LogP) is 2.76. The van der Waals surface area contributed by atoms with Gasteiger partial charge in [0.2, 0.25) is 5.91 Å². The fraction of sp³-hybridized carbons (Fsp3) is 0.333. The van der Waals surface area contributed by atoms with E-state index in [1.54, 1.807) is 30.7 Å². The Labute approximate surface area is 188 Å². The lowest BCUT2D eigenvalue weighted by molar-refractivity contribution is -0.113. The average molecular weight is 459 g/mol. The van der Waals surface area contributed by atoms with Crippen LogP contribution in [0.4, 0.5) is 10.2 Å². The Kier molecular flexibility index (Phi) is 7.50. The van der Waals surface area contributed by atoms with E-state index < -0.39 is 0 Å². The monoisotopic (exact) mass is 458 g/mol. The number of nitrogens with zero attached hydrogens (tertiary/aromatic N) is 4. The Morgan fingerprint density at radius 1 is 1.34 bits per heavy atom. The molecule has 0 atom stereocenters. The number of thioether (sulfide) groups is 1. The van der Waals surface area contributed by atoms with Gasteiger partial charge >= 0.3 is 5.69 Å². The minimum Gasteiger partial charge on any atom is -0.385 e. The third kappa shape index (κ3) is 4.92. The van der Waals surface area contributed by atoms with Gasteiger partial charge in [0.15, 0.2) is 5.16 Å². The number of H-pyrrole nitrogens is 1. The topological polar surface area (TPSA) is 118 Å². The van der Waals surface area contributed by atoms with Crippen molar-refractivity contribution in [3.05, 3.63) is 57.4 Å². The smallest absolute Gasteiger partial charge is 0.343 e. The maximum Gasteiger partial charge on any atom is 0.343 e. The Balaban J connectivity index is 1.80. The van der Waals surface area contributed by atoms with Crippen molar-refractivity contribution in [1.29, 1.82) is 5.26 Å². The molecule has 0 fully saturated rings. The van der Waals surface area contributed by atoms with Crippen LogP contribution < -0.4 is 11.0 Å². The molecule has 0 spiro atoms. The van der Waals surface area contributed by atoms with Gasteiger partial charge in [0.1, 0.15) is 17.7 Å². The molecule has 0 unspecified atom stereocenters. The number of amides is 1. The predicted molar refractivity (Wildman–Crippen MR) is 119 cm³/mol. The third-order valence-corrected chi connectivity index (χ3v) is 5.93. The van der Waals surface area contributed by atoms with Gasteiger partial charge < -0.3 is 10.1 Å². The number of halogens is 1. The molecule has 2 heterocycles. The number of anilines is 1. The van der Waals surface area contributed by atoms with Crippen molar-refractivity contribution in [2.75, 3.05) is 24.8 Å². The molecule has 9 nitrogen and oxygen atoms in total. The van der Waals surface area contributed by atoms with Gasteiger partial charge in [-0.3, -0.25) is 13.9 Å². The summed E-state index contributed by atoms with van der Waals surface area (Å²) in [6.07, 6.45) is 0.630. The number of ether oxygens (including phenoxy) is 1. The maximum absolute atomic E-state index is 13.4. The van der Waals surface area contributed by atoms with Crippen LogP contribution in [0.2, 0.25) is 0 Å². The maximum atomic E-state index is 13.4. The van der Waals surface area contributed by atoms with Crippen LogP contribution in [-0.2, 0) is 16.1 Å². The van der Waals surface area contributed by atoms with Gasteiger partial charge in [0.25, 0.3) is 0 Å². The largest absolute Gasteiger partial charge is 0.385 e. The molecule has 0 aliphatic heterocycles. The second kappa shape index (κ2) is 10.3. The number of nitriles is 1. The molecule has 2 aromatic heterocycles. The number of hydrogen-bond donors (Lipinski definition) is 2. The first kappa shape index (κ1) is 23.3. The van der Waals surface area contributed by atoms with E-state index in [4.69, 9.17) is 4.74 Å². The summed E-state index contributed by atoms with van der Waals surface area (Å²) in [4.78, 5) is 24.7. The number of hydrogen-bond acceptors (Lipinski definition) is 6. The number of methoxy groups -OCH3 is 1. The molecule has 3 aromatic rings. The first-order chi connectivity index (χ1) is 15.4. The van der Waals surface area contributed by atoms with E-state index in [-0.39, 0.29) is 23.2 Å². The van der Waals surface area contributed by atoms with Crippen molar-refractivity contribution in [2.24, 2.45) is 0 Å². The Morgan fingerprint density at radius 3 is 2.72 bits per heavy atom. The molecule has 1 amide bonds. The van der Waals surface area contributed by atoms with Gasteiger partial charge in [0, 0.05) is 31.6 Å². The first-order valence-electron chi connectivity index (χ1n) is 9.82. The molecular weight excluding hydrogens is 435 g/mol. The van der Waals surface area contributed by atoms with E-state index in [0.29, 0.717) is 41.8 Å². The molecule has 1 aromatic carbocycles. The van der Waals surface area contributed by atoms with Crippen LogP contribution in [0.3, 0.4) is 0 Å². The van der Waals surface area contributed by atoms with Crippen molar-refractivity contribution in [3.63, 3.8) is 0 Å². The Hall–Kier alpha value is -3.36. The van der Waals surface area contributed by atoms with Crippen LogP contribution in [0.1, 0.15) is 23.2 Å². The fourth-order valence-electron chi connectivity index (χ4n) is 3.25. The molecule has 0 saturated heterocycles. The highest BCUT2D eigenvalue weighted by Crippen LogP contribution is 2.30. The van der Waals surface area contributed by atoms with Crippen molar-refractivity contribution in [2.45, 2.75) is 32.0 Å². The zero-order chi connectivity index (χ0) is 23.3. The summed E-state index contributed by atoms with van der Waals surface area (Å²) in [6, 6.07) is 7.93. The van der Waals surface area contributed by atoms with Crippen LogP contribution in [0.25, 0.3) is 5.69 Å². The number of aromatic amines is 1. The van der Waals surface area contributed by atoms with Crippen molar-refractivity contribution < 1.29 is 13.9 Å². The van der Waals surface area contributed by atoms with Gasteiger partial charge in [-0.2, -0.15) is 5.26 Å². The van der Waals surface area contributed by atoms with Gasteiger partial charge in [-0.15, -0.1) is 5.10 Å². The van der Waals surface area contributed by atoms with Crippen LogP contribution in [0.5, 0.6) is 0 Å². The van der Waals surface area contributed by atoms with E-state index in [1.165, 1.54) is 16.7 Å². The van der Waals surface area contributed by atoms with Crippen LogP contribution >= 0.6 is 11.8 Å². The van der Waals surface area contributed by atoms with Crippen LogP contribution in [-0.4, -0.2) is 44.7 Å². The summed E-state index contributed by atoms with van der Waals surface area (Å²) in [6.45, 7) is 4.53. The summed E-state index contributed by atoms with van der Waals surface area (Å²) in [5.74, 6) is -0.453. The molecule has 0 aliphatic carbocycles. The van der Waals surface area contributed by atoms with Gasteiger partial charge in [0.05, 0.1) is 11.3 Å². The SMILES string of the molecule is COCCCn1c(SCC(=O)Nc2c(C#N)c(C)c(C)n2-c2ccc(F)cc2)n[nH]c1=O. The summed E-state index contributed by atoms with van der Waals surface area (Å²) in [7, 11) is 1.58. The number of carbonyl (C=O) groups is 1. The summed E-state index contributed by atoms with van der Waals surface area (Å²) >= 11 is 1.11. The van der Waals surface area contributed by atoms with Gasteiger partial charge in [-0.1, -0.05) is 11.8 Å². The number of nitrogens with one attached hydrogen (secondary N) is 2. The summed E-state index contributed by atoms with van der Waals surface area (Å²) < 4.78 is 21.6. The summed E-state index contributed by atoms with van der Waals surface area (Å²) in [5, 5.41) is 19.2. The highest BCUT2D eigenvalue weighted by molar-refractivity contribution is 7.99. The zero-order valence-corrected chi connectivity index (χ0v) is 18.8. The lowest BCUT2D eigenvalue weighted by atomic mass is 10.2. The van der Waals surface area contributed by atoms with Crippen LogP contribution in [0.15, 0.2) is 34.2 Å². The highest BCUT2D eigenvalue weighted by Gasteiger charge is 2.21. The van der Waals surface area contributed by atoms with Crippen LogP contribution in [0, 0.1) is 31.0 Å². The molecule has 11 heteroatoms. The quantitative estimate of drug-likeness (QED) is 0.376. The third-order valence-electron chi connectivity index (χ3n) is 4.95. The summed E-state index contributed by atoms with van der Waals surface area (Å²) in [5.41, 5.74) is 2.08. The van der Waals surface area contributed by atoms with Crippen molar-refractivity contribution >= 4 is 23.5 Å². The molecule has 3 rings (SSSR count). The highest BCUT2D eigenvalue weighted by atomic mass is 32.2. The van der Waals surface area contributed by atoms with Crippen molar-refractivity contribution in [3.8, 4) is 11.8 Å². The molecule has 0 aliphatic rings. The Bertz CT molecular complexity index is 1210. The molecule has 0 saturated carbocycles. The molecule has 168 valence electrons. The first-order valence-corrected chi connectivity index (χ1v) is 10.8.